The summed E-state index contributed by atoms with van der Waals surface area (Å²) in [6.07, 6.45) is 2.76. The van der Waals surface area contributed by atoms with Crippen LogP contribution in [0.4, 0.5) is 11.5 Å². The van der Waals surface area contributed by atoms with Crippen LogP contribution in [0, 0.1) is 0 Å². The van der Waals surface area contributed by atoms with E-state index in [9.17, 15) is 8.42 Å². The average Bonchev–Trinajstić information content (AvgIpc) is 3.03. The fraction of sp³-hybridized carbons (Fsp3) is 0.200. The molecular weight excluding hydrogens is 366 g/mol. The number of nitrogens with one attached hydrogen (secondary N) is 2. The molecule has 1 aromatic carbocycles. The van der Waals surface area contributed by atoms with Crippen LogP contribution in [0.15, 0.2) is 47.6 Å². The second-order valence-corrected chi connectivity index (χ2v) is 7.21. The maximum atomic E-state index is 12.4. The molecule has 0 aliphatic heterocycles. The molecule has 2 heterocycles. The quantitative estimate of drug-likeness (QED) is 0.608. The Kier molecular flexibility index (Phi) is 5.19. The van der Waals surface area contributed by atoms with Crippen molar-refractivity contribution >= 4 is 38.8 Å². The minimum absolute atomic E-state index is 0.00795. The van der Waals surface area contributed by atoms with Crippen LogP contribution < -0.4 is 10.0 Å². The van der Waals surface area contributed by atoms with Crippen LogP contribution in [-0.4, -0.2) is 43.3 Å². The van der Waals surface area contributed by atoms with Gasteiger partial charge in [0.2, 0.25) is 10.0 Å². The van der Waals surface area contributed by atoms with Gasteiger partial charge >= 0.3 is 0 Å². The van der Waals surface area contributed by atoms with Gasteiger partial charge in [-0.2, -0.15) is 9.61 Å². The first-order chi connectivity index (χ1) is 12.0. The van der Waals surface area contributed by atoms with E-state index in [0.717, 1.165) is 0 Å². The highest BCUT2D eigenvalue weighted by atomic mass is 35.5. The van der Waals surface area contributed by atoms with E-state index in [1.54, 1.807) is 12.1 Å². The molecule has 3 aromatic rings. The van der Waals surface area contributed by atoms with Gasteiger partial charge in [0.1, 0.15) is 10.7 Å². The molecule has 10 heteroatoms. The molecule has 25 heavy (non-hydrogen) atoms. The Morgan fingerprint density at radius 3 is 2.84 bits per heavy atom. The average molecular weight is 382 g/mol. The number of ether oxygens (including phenoxy) is 1. The number of methoxy groups -OCH3 is 1. The van der Waals surface area contributed by atoms with Crippen LogP contribution in [0.2, 0.25) is 5.02 Å². The molecule has 132 valence electrons. The molecular formula is C15H16ClN5O3S. The van der Waals surface area contributed by atoms with E-state index in [-0.39, 0.29) is 23.7 Å². The molecule has 8 nitrogen and oxygen atoms in total. The molecule has 0 spiro atoms. The zero-order valence-corrected chi connectivity index (χ0v) is 14.9. The molecule has 0 saturated heterocycles. The van der Waals surface area contributed by atoms with Crippen LogP contribution >= 0.6 is 11.6 Å². The Bertz CT molecular complexity index is 990. The number of anilines is 2. The topological polar surface area (TPSA) is 97.6 Å². The normalized spacial score (nSPS) is 11.8. The van der Waals surface area contributed by atoms with E-state index in [1.807, 2.05) is 18.2 Å². The third-order valence-corrected chi connectivity index (χ3v) is 5.17. The lowest BCUT2D eigenvalue weighted by atomic mass is 10.3. The van der Waals surface area contributed by atoms with Crippen molar-refractivity contribution in [2.45, 2.75) is 4.90 Å². The number of sulfonamides is 1. The molecule has 0 amide bonds. The van der Waals surface area contributed by atoms with Gasteiger partial charge in [-0.3, -0.25) is 0 Å². The number of rotatable bonds is 7. The van der Waals surface area contributed by atoms with Gasteiger partial charge in [-0.1, -0.05) is 23.7 Å². The summed E-state index contributed by atoms with van der Waals surface area (Å²) in [6, 6.07) is 8.90. The summed E-state index contributed by atoms with van der Waals surface area (Å²) >= 11 is 6.15. The molecule has 0 saturated carbocycles. The Morgan fingerprint density at radius 2 is 2.08 bits per heavy atom. The predicted molar refractivity (Wildman–Crippen MR) is 94.8 cm³/mol. The van der Waals surface area contributed by atoms with Crippen molar-refractivity contribution in [1.29, 1.82) is 0 Å². The van der Waals surface area contributed by atoms with Gasteiger partial charge in [-0.25, -0.2) is 18.1 Å². The van der Waals surface area contributed by atoms with Crippen molar-refractivity contribution in [2.75, 3.05) is 25.6 Å². The first kappa shape index (κ1) is 17.6. The minimum Gasteiger partial charge on any atom is -0.383 e. The van der Waals surface area contributed by atoms with Crippen molar-refractivity contribution in [3.63, 3.8) is 0 Å². The zero-order valence-electron chi connectivity index (χ0n) is 13.3. The van der Waals surface area contributed by atoms with Gasteiger partial charge in [-0.15, -0.1) is 0 Å². The standard InChI is InChI=1S/C15H16ClN5O3S/c1-24-9-8-19-25(22,23)13-10-18-21-14(6-7-17-15(13)21)20-12-5-3-2-4-11(12)16/h2-7,10,19-20H,8-9H2,1H3. The lowest BCUT2D eigenvalue weighted by molar-refractivity contribution is 0.204. The monoisotopic (exact) mass is 381 g/mol. The molecule has 2 N–H and O–H groups in total. The molecule has 0 radical (unpaired) electrons. The SMILES string of the molecule is COCCNS(=O)(=O)c1cnn2c(Nc3ccccc3Cl)ccnc12. The second-order valence-electron chi connectivity index (χ2n) is 5.07. The molecule has 0 unspecified atom stereocenters. The van der Waals surface area contributed by atoms with Gasteiger partial charge in [0, 0.05) is 19.9 Å². The second kappa shape index (κ2) is 7.36. The smallest absolute Gasteiger partial charge is 0.246 e. The summed E-state index contributed by atoms with van der Waals surface area (Å²) in [7, 11) is -2.25. The summed E-state index contributed by atoms with van der Waals surface area (Å²) in [5.41, 5.74) is 0.886. The maximum Gasteiger partial charge on any atom is 0.246 e. The number of benzene rings is 1. The molecule has 0 aliphatic rings. The fourth-order valence-corrected chi connectivity index (χ4v) is 3.47. The minimum atomic E-state index is -3.74. The highest BCUT2D eigenvalue weighted by molar-refractivity contribution is 7.89. The number of fused-ring (bicyclic) bond motifs is 1. The Morgan fingerprint density at radius 1 is 1.28 bits per heavy atom. The van der Waals surface area contributed by atoms with Crippen LogP contribution in [0.1, 0.15) is 0 Å². The zero-order chi connectivity index (χ0) is 17.9. The number of aromatic nitrogens is 3. The van der Waals surface area contributed by atoms with E-state index in [4.69, 9.17) is 16.3 Å². The van der Waals surface area contributed by atoms with Gasteiger partial charge < -0.3 is 10.1 Å². The van der Waals surface area contributed by atoms with Crippen molar-refractivity contribution < 1.29 is 13.2 Å². The number of para-hydroxylation sites is 1. The molecule has 0 aliphatic carbocycles. The highest BCUT2D eigenvalue weighted by Crippen LogP contribution is 2.26. The molecule has 0 fully saturated rings. The highest BCUT2D eigenvalue weighted by Gasteiger charge is 2.21. The van der Waals surface area contributed by atoms with E-state index >= 15 is 0 Å². The third kappa shape index (κ3) is 3.74. The van der Waals surface area contributed by atoms with Gasteiger partial charge in [-0.05, 0) is 18.2 Å². The largest absolute Gasteiger partial charge is 0.383 e. The van der Waals surface area contributed by atoms with Crippen LogP contribution in [-0.2, 0) is 14.8 Å². The van der Waals surface area contributed by atoms with E-state index in [2.05, 4.69) is 20.1 Å². The summed E-state index contributed by atoms with van der Waals surface area (Å²) in [6.45, 7) is 0.429. The lowest BCUT2D eigenvalue weighted by Crippen LogP contribution is -2.27. The van der Waals surface area contributed by atoms with E-state index in [1.165, 1.54) is 24.0 Å². The Balaban J connectivity index is 1.96. The molecule has 0 bridgehead atoms. The van der Waals surface area contributed by atoms with Gasteiger partial charge in [0.05, 0.1) is 23.5 Å². The first-order valence-corrected chi connectivity index (χ1v) is 9.22. The van der Waals surface area contributed by atoms with Crippen molar-refractivity contribution in [1.82, 2.24) is 19.3 Å². The van der Waals surface area contributed by atoms with Crippen molar-refractivity contribution in [2.24, 2.45) is 0 Å². The van der Waals surface area contributed by atoms with E-state index < -0.39 is 10.0 Å². The van der Waals surface area contributed by atoms with Crippen LogP contribution in [0.5, 0.6) is 0 Å². The third-order valence-electron chi connectivity index (χ3n) is 3.39. The summed E-state index contributed by atoms with van der Waals surface area (Å²) in [5, 5.41) is 7.80. The maximum absolute atomic E-state index is 12.4. The first-order valence-electron chi connectivity index (χ1n) is 7.36. The molecule has 0 atom stereocenters. The predicted octanol–water partition coefficient (Wildman–Crippen LogP) is 2.05. The molecule has 2 aromatic heterocycles. The summed E-state index contributed by atoms with van der Waals surface area (Å²) in [5.74, 6) is 0.538. The lowest BCUT2D eigenvalue weighted by Gasteiger charge is -2.09. The van der Waals surface area contributed by atoms with Gasteiger partial charge in [0.25, 0.3) is 0 Å². The fourth-order valence-electron chi connectivity index (χ4n) is 2.21. The van der Waals surface area contributed by atoms with E-state index in [0.29, 0.717) is 16.5 Å². The van der Waals surface area contributed by atoms with Crippen molar-refractivity contribution in [3.8, 4) is 0 Å². The van der Waals surface area contributed by atoms with Crippen LogP contribution in [0.3, 0.4) is 0 Å². The number of hydrogen-bond donors (Lipinski definition) is 2. The van der Waals surface area contributed by atoms with Gasteiger partial charge in [0.15, 0.2) is 5.65 Å². The summed E-state index contributed by atoms with van der Waals surface area (Å²) in [4.78, 5) is 4.13. The van der Waals surface area contributed by atoms with Crippen LogP contribution in [0.25, 0.3) is 5.65 Å². The number of halogens is 1. The Hall–Kier alpha value is -2.20. The number of hydrogen-bond acceptors (Lipinski definition) is 6. The molecule has 3 rings (SSSR count). The number of nitrogens with zero attached hydrogens (tertiary/aromatic N) is 3. The summed E-state index contributed by atoms with van der Waals surface area (Å²) < 4.78 is 33.5. The Labute approximate surface area is 149 Å². The van der Waals surface area contributed by atoms with Crippen molar-refractivity contribution in [3.05, 3.63) is 47.7 Å².